The average molecular weight is 400 g/mol. The molecule has 2 aromatic rings. The highest BCUT2D eigenvalue weighted by molar-refractivity contribution is 5.95. The van der Waals surface area contributed by atoms with E-state index in [4.69, 9.17) is 4.42 Å². The number of amides is 1. The molecule has 1 fully saturated rings. The summed E-state index contributed by atoms with van der Waals surface area (Å²) in [5.74, 6) is 0.510. The summed E-state index contributed by atoms with van der Waals surface area (Å²) in [6.07, 6.45) is 2.67. The summed E-state index contributed by atoms with van der Waals surface area (Å²) in [6, 6.07) is 1.84. The molecule has 0 aliphatic carbocycles. The predicted octanol–water partition coefficient (Wildman–Crippen LogP) is 1.32. The molecule has 8 nitrogen and oxygen atoms in total. The first-order chi connectivity index (χ1) is 14.0. The van der Waals surface area contributed by atoms with Gasteiger partial charge in [0.1, 0.15) is 11.3 Å². The number of aliphatic hydroxyl groups is 1. The summed E-state index contributed by atoms with van der Waals surface area (Å²) < 4.78 is 7.46. The van der Waals surface area contributed by atoms with Crippen molar-refractivity contribution in [1.82, 2.24) is 20.0 Å². The van der Waals surface area contributed by atoms with Crippen LogP contribution in [0.3, 0.4) is 0 Å². The Kier molecular flexibility index (Phi) is 5.56. The van der Waals surface area contributed by atoms with Gasteiger partial charge in [0.2, 0.25) is 0 Å². The van der Waals surface area contributed by atoms with E-state index in [0.29, 0.717) is 36.5 Å². The second-order valence-electron chi connectivity index (χ2n) is 7.86. The number of aromatic nitrogens is 2. The third-order valence-corrected chi connectivity index (χ3v) is 6.03. The molecule has 0 bridgehead atoms. The number of aryl methyl sites for hydroxylation is 2. The Balaban J connectivity index is 1.60. The van der Waals surface area contributed by atoms with Gasteiger partial charge in [0.05, 0.1) is 12.3 Å². The van der Waals surface area contributed by atoms with Crippen LogP contribution in [0, 0.1) is 6.92 Å². The molecule has 0 spiro atoms. The van der Waals surface area contributed by atoms with Crippen molar-refractivity contribution in [2.75, 3.05) is 19.6 Å². The fraction of sp³-hybridized carbons (Fsp3) is 0.571. The van der Waals surface area contributed by atoms with E-state index in [-0.39, 0.29) is 24.0 Å². The monoisotopic (exact) mass is 400 g/mol. The molecule has 1 amide bonds. The SMILES string of the molecule is CCn1nc(CO)c2c1CCN(C(=O)c1c(C)cc(C3CCCNC3)oc1=O)C2. The molecule has 1 unspecified atom stereocenters. The van der Waals surface area contributed by atoms with E-state index in [1.165, 1.54) is 0 Å². The van der Waals surface area contributed by atoms with Crippen molar-refractivity contribution in [2.24, 2.45) is 0 Å². The minimum absolute atomic E-state index is 0.106. The number of aliphatic hydroxyl groups excluding tert-OH is 1. The number of piperidine rings is 1. The molecule has 8 heteroatoms. The molecule has 0 saturated carbocycles. The summed E-state index contributed by atoms with van der Waals surface area (Å²) in [6.45, 7) is 6.98. The number of hydrogen-bond acceptors (Lipinski definition) is 6. The molecule has 0 radical (unpaired) electrons. The van der Waals surface area contributed by atoms with Crippen molar-refractivity contribution in [1.29, 1.82) is 0 Å². The van der Waals surface area contributed by atoms with E-state index in [2.05, 4.69) is 10.4 Å². The highest BCUT2D eigenvalue weighted by Crippen LogP contribution is 2.26. The number of hydrogen-bond donors (Lipinski definition) is 2. The van der Waals surface area contributed by atoms with Crippen LogP contribution in [0.25, 0.3) is 0 Å². The second-order valence-corrected chi connectivity index (χ2v) is 7.86. The van der Waals surface area contributed by atoms with Crippen LogP contribution in [-0.2, 0) is 26.1 Å². The Morgan fingerprint density at radius 3 is 2.93 bits per heavy atom. The van der Waals surface area contributed by atoms with Gasteiger partial charge in [-0.1, -0.05) is 0 Å². The summed E-state index contributed by atoms with van der Waals surface area (Å²) in [7, 11) is 0. The van der Waals surface area contributed by atoms with Gasteiger partial charge in [0.15, 0.2) is 0 Å². The van der Waals surface area contributed by atoms with Gasteiger partial charge in [-0.05, 0) is 44.9 Å². The zero-order valence-electron chi connectivity index (χ0n) is 17.0. The number of nitrogens with one attached hydrogen (secondary N) is 1. The maximum atomic E-state index is 13.2. The maximum absolute atomic E-state index is 13.2. The van der Waals surface area contributed by atoms with E-state index in [0.717, 1.165) is 43.7 Å². The van der Waals surface area contributed by atoms with Crippen LogP contribution in [0.4, 0.5) is 0 Å². The van der Waals surface area contributed by atoms with Crippen molar-refractivity contribution in [3.63, 3.8) is 0 Å². The number of carbonyl (C=O) groups is 1. The van der Waals surface area contributed by atoms with Gasteiger partial charge < -0.3 is 19.7 Å². The van der Waals surface area contributed by atoms with Gasteiger partial charge in [-0.25, -0.2) is 4.79 Å². The van der Waals surface area contributed by atoms with Crippen molar-refractivity contribution in [3.8, 4) is 0 Å². The van der Waals surface area contributed by atoms with E-state index < -0.39 is 5.63 Å². The Morgan fingerprint density at radius 2 is 2.28 bits per heavy atom. The fourth-order valence-electron chi connectivity index (χ4n) is 4.47. The minimum atomic E-state index is -0.562. The van der Waals surface area contributed by atoms with Gasteiger partial charge in [-0.15, -0.1) is 0 Å². The topological polar surface area (TPSA) is 101 Å². The molecule has 2 aliphatic heterocycles. The summed E-state index contributed by atoms with van der Waals surface area (Å²) in [5, 5.41) is 17.4. The number of fused-ring (bicyclic) bond motifs is 1. The normalized spacial score (nSPS) is 19.3. The lowest BCUT2D eigenvalue weighted by Gasteiger charge is -2.28. The second kappa shape index (κ2) is 8.12. The lowest BCUT2D eigenvalue weighted by atomic mass is 9.95. The molecule has 0 aromatic carbocycles. The van der Waals surface area contributed by atoms with Crippen molar-refractivity contribution < 1.29 is 14.3 Å². The lowest BCUT2D eigenvalue weighted by molar-refractivity contribution is 0.0726. The molecule has 2 N–H and O–H groups in total. The Bertz CT molecular complexity index is 972. The van der Waals surface area contributed by atoms with Gasteiger partial charge in [0.25, 0.3) is 5.91 Å². The summed E-state index contributed by atoms with van der Waals surface area (Å²) in [4.78, 5) is 27.6. The molecule has 29 heavy (non-hydrogen) atoms. The van der Waals surface area contributed by atoms with Gasteiger partial charge >= 0.3 is 5.63 Å². The fourth-order valence-corrected chi connectivity index (χ4v) is 4.47. The van der Waals surface area contributed by atoms with Crippen LogP contribution in [0.2, 0.25) is 0 Å². The Labute approximate surface area is 169 Å². The summed E-state index contributed by atoms with van der Waals surface area (Å²) >= 11 is 0. The predicted molar refractivity (Wildman–Crippen MR) is 107 cm³/mol. The van der Waals surface area contributed by atoms with Crippen molar-refractivity contribution in [3.05, 3.63) is 50.3 Å². The van der Waals surface area contributed by atoms with E-state index in [1.807, 2.05) is 17.7 Å². The van der Waals surface area contributed by atoms with E-state index in [9.17, 15) is 14.7 Å². The molecule has 1 saturated heterocycles. The third kappa shape index (κ3) is 3.62. The average Bonchev–Trinajstić information content (AvgIpc) is 3.11. The standard InChI is InChI=1S/C21H28N4O4/c1-3-25-17-6-8-24(11-15(17)16(12-26)23-25)20(27)19-13(2)9-18(29-21(19)28)14-5-4-7-22-10-14/h9,14,22,26H,3-8,10-12H2,1-2H3. The van der Waals surface area contributed by atoms with Crippen LogP contribution < -0.4 is 10.9 Å². The molecule has 156 valence electrons. The van der Waals surface area contributed by atoms with Crippen LogP contribution in [0.15, 0.2) is 15.3 Å². The lowest BCUT2D eigenvalue weighted by Crippen LogP contribution is -2.39. The summed E-state index contributed by atoms with van der Waals surface area (Å²) in [5.41, 5.74) is 2.75. The largest absolute Gasteiger partial charge is 0.427 e. The molecule has 1 atom stereocenters. The number of carbonyl (C=O) groups excluding carboxylic acids is 1. The smallest absolute Gasteiger partial charge is 0.349 e. The molecular formula is C21H28N4O4. The Hall–Kier alpha value is -2.45. The van der Waals surface area contributed by atoms with E-state index >= 15 is 0 Å². The van der Waals surface area contributed by atoms with Crippen LogP contribution in [0.5, 0.6) is 0 Å². The van der Waals surface area contributed by atoms with Crippen molar-refractivity contribution in [2.45, 2.75) is 58.7 Å². The highest BCUT2D eigenvalue weighted by Gasteiger charge is 2.30. The first-order valence-corrected chi connectivity index (χ1v) is 10.4. The zero-order chi connectivity index (χ0) is 20.5. The van der Waals surface area contributed by atoms with Crippen LogP contribution in [0.1, 0.15) is 64.3 Å². The van der Waals surface area contributed by atoms with E-state index in [1.54, 1.807) is 11.8 Å². The van der Waals surface area contributed by atoms with Crippen LogP contribution >= 0.6 is 0 Å². The molecule has 2 aromatic heterocycles. The number of nitrogens with zero attached hydrogens (tertiary/aromatic N) is 3. The molecular weight excluding hydrogens is 372 g/mol. The third-order valence-electron chi connectivity index (χ3n) is 6.03. The molecule has 4 heterocycles. The number of rotatable bonds is 4. The molecule has 2 aliphatic rings. The maximum Gasteiger partial charge on any atom is 0.349 e. The zero-order valence-corrected chi connectivity index (χ0v) is 17.0. The van der Waals surface area contributed by atoms with Crippen LogP contribution in [-0.4, -0.2) is 45.3 Å². The van der Waals surface area contributed by atoms with Crippen molar-refractivity contribution >= 4 is 5.91 Å². The van der Waals surface area contributed by atoms with Gasteiger partial charge in [0, 0.05) is 49.8 Å². The Morgan fingerprint density at radius 1 is 1.45 bits per heavy atom. The highest BCUT2D eigenvalue weighted by atomic mass is 16.4. The quantitative estimate of drug-likeness (QED) is 0.803. The minimum Gasteiger partial charge on any atom is -0.427 e. The first kappa shape index (κ1) is 19.8. The van der Waals surface area contributed by atoms with Gasteiger partial charge in [-0.3, -0.25) is 9.48 Å². The van der Waals surface area contributed by atoms with Gasteiger partial charge in [-0.2, -0.15) is 5.10 Å². The first-order valence-electron chi connectivity index (χ1n) is 10.4. The molecule has 4 rings (SSSR count).